The molecule has 0 atom stereocenters. The number of phenols is 1. The molecule has 0 unspecified atom stereocenters. The topological polar surface area (TPSA) is 131 Å². The van der Waals surface area contributed by atoms with Gasteiger partial charge in [-0.2, -0.15) is 5.10 Å². The SMILES string of the molecule is Cc1c(Cl)c(C)c([N+](=O)[O-])c(O)c1/C=N\Nc1ccc([N+](=O)[O-])cc1. The van der Waals surface area contributed by atoms with E-state index >= 15 is 0 Å². The first kappa shape index (κ1) is 18.1. The fourth-order valence-corrected chi connectivity index (χ4v) is 2.39. The number of hydrogen-bond donors (Lipinski definition) is 2. The molecule has 2 aromatic rings. The van der Waals surface area contributed by atoms with E-state index in [1.807, 2.05) is 0 Å². The molecular formula is C15H13ClN4O5. The highest BCUT2D eigenvalue weighted by Gasteiger charge is 2.25. The van der Waals surface area contributed by atoms with Crippen LogP contribution in [-0.2, 0) is 0 Å². The van der Waals surface area contributed by atoms with Crippen LogP contribution in [0.1, 0.15) is 16.7 Å². The maximum Gasteiger partial charge on any atom is 0.315 e. The van der Waals surface area contributed by atoms with E-state index in [0.29, 0.717) is 11.3 Å². The number of non-ortho nitro benzene ring substituents is 1. The van der Waals surface area contributed by atoms with Crippen LogP contribution in [0.25, 0.3) is 0 Å². The largest absolute Gasteiger partial charge is 0.502 e. The molecule has 2 rings (SSSR count). The van der Waals surface area contributed by atoms with Gasteiger partial charge < -0.3 is 5.11 Å². The van der Waals surface area contributed by atoms with Gasteiger partial charge in [-0.25, -0.2) is 0 Å². The van der Waals surface area contributed by atoms with Gasteiger partial charge in [0.1, 0.15) is 0 Å². The Bertz CT molecular complexity index is 881. The molecule has 0 saturated carbocycles. The van der Waals surface area contributed by atoms with Crippen molar-refractivity contribution in [1.29, 1.82) is 0 Å². The normalized spacial score (nSPS) is 10.8. The van der Waals surface area contributed by atoms with Crippen LogP contribution in [0.4, 0.5) is 17.1 Å². The van der Waals surface area contributed by atoms with Crippen LogP contribution in [0.3, 0.4) is 0 Å². The molecule has 10 heteroatoms. The van der Waals surface area contributed by atoms with Gasteiger partial charge in [-0.3, -0.25) is 25.7 Å². The summed E-state index contributed by atoms with van der Waals surface area (Å²) in [5.74, 6) is -0.529. The maximum atomic E-state index is 11.1. The van der Waals surface area contributed by atoms with Crippen molar-refractivity contribution in [2.45, 2.75) is 13.8 Å². The van der Waals surface area contributed by atoms with Crippen molar-refractivity contribution in [3.63, 3.8) is 0 Å². The number of anilines is 1. The molecule has 0 heterocycles. The Balaban J connectivity index is 2.32. The second-order valence-corrected chi connectivity index (χ2v) is 5.48. The number of nitro groups is 2. The average Bonchev–Trinajstić information content (AvgIpc) is 2.56. The average molecular weight is 365 g/mol. The number of benzene rings is 2. The van der Waals surface area contributed by atoms with Crippen LogP contribution in [-0.4, -0.2) is 21.2 Å². The Hall–Kier alpha value is -3.20. The highest BCUT2D eigenvalue weighted by molar-refractivity contribution is 6.33. The highest BCUT2D eigenvalue weighted by atomic mass is 35.5. The van der Waals surface area contributed by atoms with E-state index in [0.717, 1.165) is 0 Å². The zero-order chi connectivity index (χ0) is 18.7. The smallest absolute Gasteiger partial charge is 0.315 e. The Morgan fingerprint density at radius 3 is 2.24 bits per heavy atom. The van der Waals surface area contributed by atoms with Crippen LogP contribution in [0.2, 0.25) is 5.02 Å². The first-order valence-corrected chi connectivity index (χ1v) is 7.31. The van der Waals surface area contributed by atoms with Crippen LogP contribution in [0, 0.1) is 34.1 Å². The maximum absolute atomic E-state index is 11.1. The number of nitro benzene ring substituents is 2. The van der Waals surface area contributed by atoms with Crippen molar-refractivity contribution in [3.05, 3.63) is 66.2 Å². The van der Waals surface area contributed by atoms with Gasteiger partial charge in [0.05, 0.1) is 26.8 Å². The van der Waals surface area contributed by atoms with Crippen LogP contribution >= 0.6 is 11.6 Å². The molecule has 25 heavy (non-hydrogen) atoms. The van der Waals surface area contributed by atoms with Crippen molar-refractivity contribution in [3.8, 4) is 5.75 Å². The van der Waals surface area contributed by atoms with Crippen LogP contribution in [0.15, 0.2) is 29.4 Å². The molecule has 0 aliphatic heterocycles. The van der Waals surface area contributed by atoms with Gasteiger partial charge in [0, 0.05) is 23.3 Å². The number of hydrogen-bond acceptors (Lipinski definition) is 7. The van der Waals surface area contributed by atoms with E-state index in [1.54, 1.807) is 6.92 Å². The van der Waals surface area contributed by atoms with Crippen molar-refractivity contribution in [2.75, 3.05) is 5.43 Å². The molecule has 2 aromatic carbocycles. The van der Waals surface area contributed by atoms with Crippen molar-refractivity contribution in [2.24, 2.45) is 5.10 Å². The number of aromatic hydroxyl groups is 1. The van der Waals surface area contributed by atoms with Crippen molar-refractivity contribution >= 4 is 34.9 Å². The lowest BCUT2D eigenvalue weighted by Crippen LogP contribution is -2.01. The van der Waals surface area contributed by atoms with Gasteiger partial charge in [-0.05, 0) is 31.5 Å². The summed E-state index contributed by atoms with van der Waals surface area (Å²) >= 11 is 6.09. The van der Waals surface area contributed by atoms with Crippen molar-refractivity contribution < 1.29 is 15.0 Å². The van der Waals surface area contributed by atoms with Gasteiger partial charge in [0.2, 0.25) is 5.75 Å². The van der Waals surface area contributed by atoms with Gasteiger partial charge in [-0.15, -0.1) is 0 Å². The lowest BCUT2D eigenvalue weighted by molar-refractivity contribution is -0.386. The number of nitrogens with zero attached hydrogens (tertiary/aromatic N) is 3. The first-order chi connectivity index (χ1) is 11.7. The Morgan fingerprint density at radius 1 is 1.12 bits per heavy atom. The third-order valence-electron chi connectivity index (χ3n) is 3.55. The summed E-state index contributed by atoms with van der Waals surface area (Å²) < 4.78 is 0. The second-order valence-electron chi connectivity index (χ2n) is 5.11. The summed E-state index contributed by atoms with van der Waals surface area (Å²) in [7, 11) is 0. The molecule has 9 nitrogen and oxygen atoms in total. The molecule has 0 aliphatic carbocycles. The molecule has 0 radical (unpaired) electrons. The molecule has 2 N–H and O–H groups in total. The Labute approximate surface area is 146 Å². The Morgan fingerprint density at radius 2 is 1.72 bits per heavy atom. The summed E-state index contributed by atoms with van der Waals surface area (Å²) in [6.45, 7) is 3.05. The lowest BCUT2D eigenvalue weighted by atomic mass is 10.0. The number of halogens is 1. The number of nitrogens with one attached hydrogen (secondary N) is 1. The molecule has 0 aromatic heterocycles. The number of rotatable bonds is 5. The number of phenolic OH excluding ortho intramolecular Hbond substituents is 1. The van der Waals surface area contributed by atoms with E-state index in [2.05, 4.69) is 10.5 Å². The van der Waals surface area contributed by atoms with Crippen molar-refractivity contribution in [1.82, 2.24) is 0 Å². The van der Waals surface area contributed by atoms with Crippen LogP contribution < -0.4 is 5.43 Å². The summed E-state index contributed by atoms with van der Waals surface area (Å²) in [6, 6.07) is 5.50. The molecule has 0 saturated heterocycles. The zero-order valence-electron chi connectivity index (χ0n) is 13.2. The molecule has 0 bridgehead atoms. The van der Waals surface area contributed by atoms with E-state index in [9.17, 15) is 25.3 Å². The molecule has 0 spiro atoms. The predicted molar refractivity (Wildman–Crippen MR) is 93.6 cm³/mol. The second kappa shape index (κ2) is 7.14. The molecule has 0 aliphatic rings. The third kappa shape index (κ3) is 3.66. The third-order valence-corrected chi connectivity index (χ3v) is 4.11. The fourth-order valence-electron chi connectivity index (χ4n) is 2.20. The standard InChI is InChI=1S/C15H13ClN4O5/c1-8-12(15(21)14(20(24)25)9(2)13(8)16)7-17-18-10-3-5-11(6-4-10)19(22)23/h3-7,18,21H,1-2H3/b17-7-. The minimum atomic E-state index is -0.711. The van der Waals surface area contributed by atoms with Gasteiger partial charge in [-0.1, -0.05) is 11.6 Å². The monoisotopic (exact) mass is 364 g/mol. The fraction of sp³-hybridized carbons (Fsp3) is 0.133. The first-order valence-electron chi connectivity index (χ1n) is 6.93. The highest BCUT2D eigenvalue weighted by Crippen LogP contribution is 2.39. The Kier molecular flexibility index (Phi) is 5.18. The van der Waals surface area contributed by atoms with Gasteiger partial charge in [0.15, 0.2) is 0 Å². The molecule has 0 amide bonds. The molecule has 130 valence electrons. The van der Waals surface area contributed by atoms with E-state index in [4.69, 9.17) is 11.6 Å². The molecule has 0 fully saturated rings. The van der Waals surface area contributed by atoms with E-state index in [1.165, 1.54) is 37.4 Å². The minimum Gasteiger partial charge on any atom is -0.502 e. The zero-order valence-corrected chi connectivity index (χ0v) is 13.9. The number of hydrazone groups is 1. The van der Waals surface area contributed by atoms with E-state index in [-0.39, 0.29) is 21.8 Å². The van der Waals surface area contributed by atoms with Crippen LogP contribution in [0.5, 0.6) is 5.75 Å². The summed E-state index contributed by atoms with van der Waals surface area (Å²) in [6.07, 6.45) is 1.20. The summed E-state index contributed by atoms with van der Waals surface area (Å²) in [5, 5.41) is 35.9. The summed E-state index contributed by atoms with van der Waals surface area (Å²) in [4.78, 5) is 20.5. The van der Waals surface area contributed by atoms with E-state index < -0.39 is 21.3 Å². The minimum absolute atomic E-state index is 0.0658. The quantitative estimate of drug-likeness (QED) is 0.469. The lowest BCUT2D eigenvalue weighted by Gasteiger charge is -2.10. The van der Waals surface area contributed by atoms with Gasteiger partial charge >= 0.3 is 5.69 Å². The predicted octanol–water partition coefficient (Wildman–Crippen LogP) is 3.92. The summed E-state index contributed by atoms with van der Waals surface area (Å²) in [5.41, 5.74) is 3.26. The molecular weight excluding hydrogens is 352 g/mol. The van der Waals surface area contributed by atoms with Gasteiger partial charge in [0.25, 0.3) is 5.69 Å².